The van der Waals surface area contributed by atoms with Crippen LogP contribution in [0.3, 0.4) is 0 Å². The molecule has 0 saturated heterocycles. The number of rotatable bonds is 9. The van der Waals surface area contributed by atoms with E-state index < -0.39 is 0 Å². The highest BCUT2D eigenvalue weighted by atomic mass is 16.5. The van der Waals surface area contributed by atoms with Crippen LogP contribution in [0.2, 0.25) is 0 Å². The second-order valence-electron chi connectivity index (χ2n) is 3.95. The van der Waals surface area contributed by atoms with E-state index in [9.17, 15) is 0 Å². The lowest BCUT2D eigenvalue weighted by Gasteiger charge is -2.06. The van der Waals surface area contributed by atoms with Gasteiger partial charge in [-0.2, -0.15) is 0 Å². The zero-order valence-corrected chi connectivity index (χ0v) is 10.9. The van der Waals surface area contributed by atoms with E-state index in [0.29, 0.717) is 0 Å². The smallest absolute Gasteiger partial charge is 0.119 e. The van der Waals surface area contributed by atoms with E-state index in [1.165, 1.54) is 5.56 Å². The van der Waals surface area contributed by atoms with Crippen molar-refractivity contribution in [2.24, 2.45) is 0 Å². The van der Waals surface area contributed by atoms with Gasteiger partial charge in [0.2, 0.25) is 0 Å². The molecule has 17 heavy (non-hydrogen) atoms. The summed E-state index contributed by atoms with van der Waals surface area (Å²) in [4.78, 5) is 0. The van der Waals surface area contributed by atoms with Crippen molar-refractivity contribution in [1.29, 1.82) is 0 Å². The first-order valence-electron chi connectivity index (χ1n) is 6.28. The number of hydrogen-bond donors (Lipinski definition) is 1. The van der Waals surface area contributed by atoms with Gasteiger partial charge in [0.1, 0.15) is 5.75 Å². The molecule has 0 aliphatic heterocycles. The zero-order valence-electron chi connectivity index (χ0n) is 10.9. The average Bonchev–Trinajstić information content (AvgIpc) is 2.36. The highest BCUT2D eigenvalue weighted by Crippen LogP contribution is 2.11. The third kappa shape index (κ3) is 6.29. The first-order chi connectivity index (χ1) is 8.36. The van der Waals surface area contributed by atoms with Crippen molar-refractivity contribution in [2.75, 3.05) is 26.9 Å². The van der Waals surface area contributed by atoms with Crippen molar-refractivity contribution < 1.29 is 9.47 Å². The Morgan fingerprint density at radius 3 is 2.53 bits per heavy atom. The molecule has 1 N–H and O–H groups in total. The molecule has 96 valence electrons. The summed E-state index contributed by atoms with van der Waals surface area (Å²) in [5.41, 5.74) is 1.29. The molecule has 0 heterocycles. The van der Waals surface area contributed by atoms with E-state index in [0.717, 1.165) is 44.9 Å². The maximum Gasteiger partial charge on any atom is 0.119 e. The Hall–Kier alpha value is -1.06. The highest BCUT2D eigenvalue weighted by Gasteiger charge is 1.95. The minimum atomic E-state index is 0.719. The fraction of sp³-hybridized carbons (Fsp3) is 0.571. The fourth-order valence-electron chi connectivity index (χ4n) is 1.60. The molecule has 0 bridgehead atoms. The molecule has 1 aromatic carbocycles. The minimum Gasteiger partial charge on any atom is -0.494 e. The Bertz CT molecular complexity index is 285. The monoisotopic (exact) mass is 237 g/mol. The van der Waals surface area contributed by atoms with Crippen molar-refractivity contribution in [1.82, 2.24) is 5.32 Å². The molecule has 3 heteroatoms. The van der Waals surface area contributed by atoms with Gasteiger partial charge in [0, 0.05) is 20.3 Å². The molecule has 0 spiro atoms. The van der Waals surface area contributed by atoms with Crippen LogP contribution in [0, 0.1) is 0 Å². The zero-order chi connectivity index (χ0) is 12.3. The second-order valence-corrected chi connectivity index (χ2v) is 3.95. The fourth-order valence-corrected chi connectivity index (χ4v) is 1.60. The summed E-state index contributed by atoms with van der Waals surface area (Å²) in [6.45, 7) is 5.52. The minimum absolute atomic E-state index is 0.719. The molecule has 1 aromatic rings. The predicted octanol–water partition coefficient (Wildman–Crippen LogP) is 2.60. The summed E-state index contributed by atoms with van der Waals surface area (Å²) in [5.74, 6) is 0.941. The van der Waals surface area contributed by atoms with E-state index >= 15 is 0 Å². The van der Waals surface area contributed by atoms with Crippen LogP contribution in [0.15, 0.2) is 24.3 Å². The second kappa shape index (κ2) is 9.02. The lowest BCUT2D eigenvalue weighted by atomic mass is 10.2. The highest BCUT2D eigenvalue weighted by molar-refractivity contribution is 5.27. The lowest BCUT2D eigenvalue weighted by Crippen LogP contribution is -2.15. The van der Waals surface area contributed by atoms with Gasteiger partial charge in [-0.3, -0.25) is 0 Å². The van der Waals surface area contributed by atoms with E-state index in [1.807, 2.05) is 19.1 Å². The molecule has 0 unspecified atom stereocenters. The van der Waals surface area contributed by atoms with Crippen LogP contribution in [0.25, 0.3) is 0 Å². The summed E-state index contributed by atoms with van der Waals surface area (Å²) in [5, 5.41) is 3.42. The third-order valence-corrected chi connectivity index (χ3v) is 2.52. The van der Waals surface area contributed by atoms with E-state index in [-0.39, 0.29) is 0 Å². The maximum atomic E-state index is 5.40. The Kier molecular flexibility index (Phi) is 7.43. The molecule has 0 radical (unpaired) electrons. The summed E-state index contributed by atoms with van der Waals surface area (Å²) in [6, 6.07) is 8.25. The van der Waals surface area contributed by atoms with Gasteiger partial charge in [0.25, 0.3) is 0 Å². The lowest BCUT2D eigenvalue weighted by molar-refractivity contribution is 0.192. The number of benzene rings is 1. The molecule has 0 aliphatic carbocycles. The normalized spacial score (nSPS) is 10.5. The Labute approximate surface area is 104 Å². The number of nitrogens with one attached hydrogen (secondary N) is 1. The first-order valence-corrected chi connectivity index (χ1v) is 6.28. The average molecular weight is 237 g/mol. The van der Waals surface area contributed by atoms with E-state index in [1.54, 1.807) is 7.11 Å². The maximum absolute atomic E-state index is 5.40. The molecule has 1 rings (SSSR count). The van der Waals surface area contributed by atoms with Gasteiger partial charge in [-0.1, -0.05) is 12.1 Å². The Morgan fingerprint density at radius 2 is 1.88 bits per heavy atom. The molecule has 0 saturated carbocycles. The van der Waals surface area contributed by atoms with Gasteiger partial charge in [-0.25, -0.2) is 0 Å². The number of methoxy groups -OCH3 is 1. The quantitative estimate of drug-likeness (QED) is 0.670. The summed E-state index contributed by atoms with van der Waals surface area (Å²) in [6.07, 6.45) is 2.28. The van der Waals surface area contributed by atoms with E-state index in [4.69, 9.17) is 9.47 Å². The van der Waals surface area contributed by atoms with Crippen LogP contribution < -0.4 is 10.1 Å². The predicted molar refractivity (Wildman–Crippen MR) is 70.4 cm³/mol. The van der Waals surface area contributed by atoms with Crippen LogP contribution in [-0.2, 0) is 11.3 Å². The Balaban J connectivity index is 2.14. The molecular formula is C14H23NO2. The molecule has 0 atom stereocenters. The number of hydrogen-bond acceptors (Lipinski definition) is 3. The molecule has 0 amide bonds. The largest absolute Gasteiger partial charge is 0.494 e. The molecule has 0 aromatic heterocycles. The molecule has 0 aliphatic rings. The van der Waals surface area contributed by atoms with Crippen molar-refractivity contribution in [2.45, 2.75) is 26.3 Å². The van der Waals surface area contributed by atoms with E-state index in [2.05, 4.69) is 17.4 Å². The van der Waals surface area contributed by atoms with Gasteiger partial charge in [0.05, 0.1) is 6.61 Å². The molecule has 0 fully saturated rings. The number of unbranched alkanes of at least 4 members (excludes halogenated alkanes) is 1. The third-order valence-electron chi connectivity index (χ3n) is 2.52. The van der Waals surface area contributed by atoms with Gasteiger partial charge in [-0.05, 0) is 44.0 Å². The Morgan fingerprint density at radius 1 is 1.12 bits per heavy atom. The van der Waals surface area contributed by atoms with Crippen molar-refractivity contribution in [3.05, 3.63) is 29.8 Å². The topological polar surface area (TPSA) is 30.5 Å². The number of ether oxygens (including phenoxy) is 2. The van der Waals surface area contributed by atoms with Crippen LogP contribution >= 0.6 is 0 Å². The first kappa shape index (κ1) is 14.0. The van der Waals surface area contributed by atoms with Gasteiger partial charge in [-0.15, -0.1) is 0 Å². The van der Waals surface area contributed by atoms with Gasteiger partial charge in [0.15, 0.2) is 0 Å². The van der Waals surface area contributed by atoms with Crippen LogP contribution in [0.4, 0.5) is 0 Å². The van der Waals surface area contributed by atoms with Crippen molar-refractivity contribution >= 4 is 0 Å². The molecule has 3 nitrogen and oxygen atoms in total. The SMILES string of the molecule is CCOc1ccc(CNCCCCOC)cc1. The van der Waals surface area contributed by atoms with Crippen molar-refractivity contribution in [3.8, 4) is 5.75 Å². The standard InChI is InChI=1S/C14H23NO2/c1-3-17-14-8-6-13(7-9-14)12-15-10-4-5-11-16-2/h6-9,15H,3-5,10-12H2,1-2H3. The van der Waals surface area contributed by atoms with Crippen LogP contribution in [0.1, 0.15) is 25.3 Å². The summed E-state index contributed by atoms with van der Waals surface area (Å²) >= 11 is 0. The van der Waals surface area contributed by atoms with Crippen molar-refractivity contribution in [3.63, 3.8) is 0 Å². The molecular weight excluding hydrogens is 214 g/mol. The van der Waals surface area contributed by atoms with Crippen LogP contribution in [-0.4, -0.2) is 26.9 Å². The van der Waals surface area contributed by atoms with Crippen LogP contribution in [0.5, 0.6) is 5.75 Å². The van der Waals surface area contributed by atoms with Gasteiger partial charge >= 0.3 is 0 Å². The van der Waals surface area contributed by atoms with Gasteiger partial charge < -0.3 is 14.8 Å². The summed E-state index contributed by atoms with van der Waals surface area (Å²) < 4.78 is 10.4. The summed E-state index contributed by atoms with van der Waals surface area (Å²) in [7, 11) is 1.74.